The molecule has 0 atom stereocenters. The fourth-order valence-corrected chi connectivity index (χ4v) is 0.626. The number of Topliss-reactive ketones (excluding diaryl/α,β-unsaturated/α-hetero) is 1. The van der Waals surface area contributed by atoms with Crippen molar-refractivity contribution in [2.24, 2.45) is 0 Å². The van der Waals surface area contributed by atoms with Crippen molar-refractivity contribution >= 4 is 5.78 Å². The van der Waals surface area contributed by atoms with Gasteiger partial charge in [-0.05, 0) is 19.9 Å². The normalized spacial score (nSPS) is 13.1. The van der Waals surface area contributed by atoms with Gasteiger partial charge in [-0.2, -0.15) is 0 Å². The van der Waals surface area contributed by atoms with E-state index in [1.807, 2.05) is 0 Å². The highest BCUT2D eigenvalue weighted by Gasteiger charge is 1.94. The quantitative estimate of drug-likeness (QED) is 0.382. The summed E-state index contributed by atoms with van der Waals surface area (Å²) in [4.78, 5) is 10.8. The van der Waals surface area contributed by atoms with Crippen LogP contribution in [0.5, 0.6) is 0 Å². The molecule has 60 valence electrons. The number of aliphatic hydroxyl groups excluding tert-OH is 1. The molecule has 0 saturated heterocycles. The largest absolute Gasteiger partial charge is 0.516 e. The van der Waals surface area contributed by atoms with Gasteiger partial charge in [0.2, 0.25) is 0 Å². The van der Waals surface area contributed by atoms with Gasteiger partial charge in [-0.15, -0.1) is 0 Å². The van der Waals surface area contributed by atoms with Crippen LogP contribution in [0.2, 0.25) is 0 Å². The monoisotopic (exact) mass is 152 g/mol. The van der Waals surface area contributed by atoms with Crippen molar-refractivity contribution in [1.82, 2.24) is 0 Å². The van der Waals surface area contributed by atoms with Gasteiger partial charge in [0.1, 0.15) is 0 Å². The average molecular weight is 152 g/mol. The summed E-state index contributed by atoms with van der Waals surface area (Å²) >= 11 is 0. The first-order chi connectivity index (χ1) is 5.22. The van der Waals surface area contributed by atoms with E-state index in [2.05, 4.69) is 0 Å². The third kappa shape index (κ3) is 4.14. The Morgan fingerprint density at radius 2 is 2.00 bits per heavy atom. The lowest BCUT2D eigenvalue weighted by molar-refractivity contribution is -0.113. The Balaban J connectivity index is 4.22. The summed E-state index contributed by atoms with van der Waals surface area (Å²) in [5.41, 5.74) is 0.642. The van der Waals surface area contributed by atoms with Gasteiger partial charge in [0.05, 0.1) is 6.26 Å². The van der Waals surface area contributed by atoms with Gasteiger partial charge >= 0.3 is 0 Å². The van der Waals surface area contributed by atoms with Crippen LogP contribution in [-0.4, -0.2) is 10.9 Å². The molecule has 0 bridgehead atoms. The number of hydrogen-bond donors (Lipinski definition) is 1. The van der Waals surface area contributed by atoms with Crippen LogP contribution >= 0.6 is 0 Å². The summed E-state index contributed by atoms with van der Waals surface area (Å²) in [6.07, 6.45) is 7.35. The molecule has 0 amide bonds. The van der Waals surface area contributed by atoms with Crippen LogP contribution in [0.15, 0.2) is 36.1 Å². The van der Waals surface area contributed by atoms with Gasteiger partial charge in [-0.3, -0.25) is 4.79 Å². The maximum atomic E-state index is 10.8. The summed E-state index contributed by atoms with van der Waals surface area (Å²) in [5.74, 6) is 0.0232. The molecule has 2 heteroatoms. The number of hydrogen-bond acceptors (Lipinski definition) is 2. The summed E-state index contributed by atoms with van der Waals surface area (Å²) < 4.78 is 0. The second kappa shape index (κ2) is 5.47. The summed E-state index contributed by atoms with van der Waals surface area (Å²) in [7, 11) is 0. The van der Waals surface area contributed by atoms with Gasteiger partial charge in [0.25, 0.3) is 0 Å². The number of ketones is 1. The predicted octanol–water partition coefficient (Wildman–Crippen LogP) is 2.15. The van der Waals surface area contributed by atoms with Gasteiger partial charge in [-0.1, -0.05) is 18.2 Å². The van der Waals surface area contributed by atoms with E-state index >= 15 is 0 Å². The second-order valence-electron chi connectivity index (χ2n) is 2.00. The molecule has 0 saturated carbocycles. The first-order valence-electron chi connectivity index (χ1n) is 3.37. The Bertz CT molecular complexity index is 210. The first kappa shape index (κ1) is 9.69. The topological polar surface area (TPSA) is 37.3 Å². The minimum Gasteiger partial charge on any atom is -0.516 e. The Kier molecular flexibility index (Phi) is 4.82. The summed E-state index contributed by atoms with van der Waals surface area (Å²) in [6.45, 7) is 3.30. The van der Waals surface area contributed by atoms with Gasteiger partial charge in [0, 0.05) is 5.57 Å². The maximum absolute atomic E-state index is 10.8. The second-order valence-corrected chi connectivity index (χ2v) is 2.00. The SMILES string of the molecule is C\C=C(/C=C\C=C\O)C(C)=O. The lowest BCUT2D eigenvalue weighted by Gasteiger charge is -1.90. The van der Waals surface area contributed by atoms with E-state index in [4.69, 9.17) is 5.11 Å². The molecular formula is C9H12O2. The molecule has 0 rings (SSSR count). The van der Waals surface area contributed by atoms with Crippen LogP contribution in [0.4, 0.5) is 0 Å². The summed E-state index contributed by atoms with van der Waals surface area (Å²) in [5, 5.41) is 8.25. The Morgan fingerprint density at radius 3 is 2.36 bits per heavy atom. The number of carbonyl (C=O) groups is 1. The van der Waals surface area contributed by atoms with Crippen molar-refractivity contribution < 1.29 is 9.90 Å². The van der Waals surface area contributed by atoms with Crippen molar-refractivity contribution in [2.75, 3.05) is 0 Å². The molecule has 0 radical (unpaired) electrons. The minimum atomic E-state index is 0.0232. The molecule has 0 aliphatic carbocycles. The fourth-order valence-electron chi connectivity index (χ4n) is 0.626. The molecule has 0 aromatic rings. The Hall–Kier alpha value is -1.31. The van der Waals surface area contributed by atoms with Gasteiger partial charge in [0.15, 0.2) is 5.78 Å². The molecule has 0 aromatic heterocycles. The minimum absolute atomic E-state index is 0.0232. The van der Waals surface area contributed by atoms with E-state index in [0.717, 1.165) is 6.26 Å². The van der Waals surface area contributed by atoms with E-state index < -0.39 is 0 Å². The zero-order chi connectivity index (χ0) is 8.69. The molecule has 0 unspecified atom stereocenters. The van der Waals surface area contributed by atoms with E-state index in [1.54, 1.807) is 25.2 Å². The smallest absolute Gasteiger partial charge is 0.159 e. The van der Waals surface area contributed by atoms with Crippen molar-refractivity contribution in [3.63, 3.8) is 0 Å². The van der Waals surface area contributed by atoms with E-state index in [-0.39, 0.29) is 5.78 Å². The fraction of sp³-hybridized carbons (Fsp3) is 0.222. The van der Waals surface area contributed by atoms with Crippen LogP contribution in [-0.2, 0) is 4.79 Å². The van der Waals surface area contributed by atoms with Crippen molar-refractivity contribution in [2.45, 2.75) is 13.8 Å². The zero-order valence-electron chi connectivity index (χ0n) is 6.74. The lowest BCUT2D eigenvalue weighted by atomic mass is 10.1. The average Bonchev–Trinajstić information content (AvgIpc) is 1.97. The van der Waals surface area contributed by atoms with Crippen LogP contribution in [0, 0.1) is 0 Å². The van der Waals surface area contributed by atoms with E-state index in [1.165, 1.54) is 13.0 Å². The van der Waals surface area contributed by atoms with Crippen LogP contribution in [0.1, 0.15) is 13.8 Å². The van der Waals surface area contributed by atoms with Crippen molar-refractivity contribution in [3.05, 3.63) is 36.1 Å². The highest BCUT2D eigenvalue weighted by molar-refractivity contribution is 5.95. The third-order valence-electron chi connectivity index (χ3n) is 1.19. The van der Waals surface area contributed by atoms with E-state index in [9.17, 15) is 4.79 Å². The third-order valence-corrected chi connectivity index (χ3v) is 1.19. The van der Waals surface area contributed by atoms with Crippen molar-refractivity contribution in [1.29, 1.82) is 0 Å². The van der Waals surface area contributed by atoms with Gasteiger partial charge < -0.3 is 5.11 Å². The molecule has 2 nitrogen and oxygen atoms in total. The molecule has 0 spiro atoms. The van der Waals surface area contributed by atoms with Crippen molar-refractivity contribution in [3.8, 4) is 0 Å². The highest BCUT2D eigenvalue weighted by Crippen LogP contribution is 1.97. The Labute approximate surface area is 66.5 Å². The molecule has 0 aliphatic heterocycles. The lowest BCUT2D eigenvalue weighted by Crippen LogP contribution is -1.91. The molecule has 1 N–H and O–H groups in total. The molecule has 0 aliphatic rings. The molecular weight excluding hydrogens is 140 g/mol. The molecule has 11 heavy (non-hydrogen) atoms. The van der Waals surface area contributed by atoms with Crippen LogP contribution in [0.3, 0.4) is 0 Å². The Morgan fingerprint density at radius 1 is 1.36 bits per heavy atom. The number of rotatable bonds is 3. The predicted molar refractivity (Wildman–Crippen MR) is 45.3 cm³/mol. The zero-order valence-corrected chi connectivity index (χ0v) is 6.74. The maximum Gasteiger partial charge on any atom is 0.159 e. The molecule has 0 aromatic carbocycles. The van der Waals surface area contributed by atoms with E-state index in [0.29, 0.717) is 5.57 Å². The summed E-state index contributed by atoms with van der Waals surface area (Å²) in [6, 6.07) is 0. The highest BCUT2D eigenvalue weighted by atomic mass is 16.2. The standard InChI is InChI=1S/C9H12O2/c1-3-9(8(2)11)6-4-5-7-10/h3-7,10H,1-2H3/b6-4-,7-5+,9-3+. The number of carbonyl (C=O) groups excluding carboxylic acids is 1. The molecule has 0 fully saturated rings. The van der Waals surface area contributed by atoms with Crippen LogP contribution in [0.25, 0.3) is 0 Å². The van der Waals surface area contributed by atoms with Gasteiger partial charge in [-0.25, -0.2) is 0 Å². The first-order valence-corrected chi connectivity index (χ1v) is 3.37. The molecule has 0 heterocycles. The number of allylic oxidation sites excluding steroid dienone is 5. The van der Waals surface area contributed by atoms with Crippen LogP contribution < -0.4 is 0 Å². The number of aliphatic hydroxyl groups is 1.